The Kier molecular flexibility index (Phi) is 5.16. The van der Waals surface area contributed by atoms with E-state index in [1.54, 1.807) is 6.92 Å². The second-order valence-corrected chi connectivity index (χ2v) is 3.85. The van der Waals surface area contributed by atoms with Crippen molar-refractivity contribution >= 4 is 13.6 Å². The number of ketones is 1. The van der Waals surface area contributed by atoms with E-state index in [2.05, 4.69) is 0 Å². The van der Waals surface area contributed by atoms with Gasteiger partial charge in [-0.25, -0.2) is 0 Å². The van der Waals surface area contributed by atoms with Crippen LogP contribution in [0.1, 0.15) is 42.1 Å². The number of benzene rings is 1. The molecule has 0 N–H and O–H groups in total. The molecule has 2 radical (unpaired) electrons. The molecule has 0 amide bonds. The summed E-state index contributed by atoms with van der Waals surface area (Å²) in [6, 6.07) is 7.89. The lowest BCUT2D eigenvalue weighted by Gasteiger charge is -2.02. The van der Waals surface area contributed by atoms with Gasteiger partial charge in [0.15, 0.2) is 5.78 Å². The van der Waals surface area contributed by atoms with E-state index in [1.165, 1.54) is 18.4 Å². The average Bonchev–Trinajstić information content (AvgIpc) is 2.25. The van der Waals surface area contributed by atoms with Gasteiger partial charge in [0.05, 0.1) is 7.85 Å². The molecule has 0 saturated carbocycles. The highest BCUT2D eigenvalue weighted by Gasteiger charge is 1.98. The van der Waals surface area contributed by atoms with Crippen molar-refractivity contribution in [2.75, 3.05) is 0 Å². The number of Topliss-reactive ketones (excluding diaryl/α,β-unsaturated/α-hetero) is 1. The molecule has 0 aliphatic rings. The van der Waals surface area contributed by atoms with Crippen molar-refractivity contribution in [2.45, 2.75) is 38.9 Å². The first-order valence-corrected chi connectivity index (χ1v) is 5.54. The molecule has 1 aromatic rings. The van der Waals surface area contributed by atoms with Crippen molar-refractivity contribution in [3.8, 4) is 0 Å². The standard InChI is InChI=1S/C13H17BO/c1-11(15)13-8-6-12(7-9-13)5-3-2-4-10-14/h6-9H,2-5,10H2,1H3. The first kappa shape index (κ1) is 12.0. The fourth-order valence-electron chi connectivity index (χ4n) is 1.56. The summed E-state index contributed by atoms with van der Waals surface area (Å²) >= 11 is 0. The Hall–Kier alpha value is -1.05. The van der Waals surface area contributed by atoms with Gasteiger partial charge in [-0.05, 0) is 25.3 Å². The molecule has 78 valence electrons. The Labute approximate surface area is 93.3 Å². The molecule has 0 saturated heterocycles. The van der Waals surface area contributed by atoms with E-state index < -0.39 is 0 Å². The van der Waals surface area contributed by atoms with Crippen LogP contribution < -0.4 is 0 Å². The fourth-order valence-corrected chi connectivity index (χ4v) is 1.56. The largest absolute Gasteiger partial charge is 0.295 e. The van der Waals surface area contributed by atoms with Crippen LogP contribution in [0.15, 0.2) is 24.3 Å². The molecule has 0 unspecified atom stereocenters. The Balaban J connectivity index is 2.39. The van der Waals surface area contributed by atoms with Crippen LogP contribution in [0, 0.1) is 0 Å². The van der Waals surface area contributed by atoms with E-state index in [9.17, 15) is 4.79 Å². The van der Waals surface area contributed by atoms with Crippen LogP contribution in [0.3, 0.4) is 0 Å². The van der Waals surface area contributed by atoms with E-state index in [0.717, 1.165) is 24.7 Å². The van der Waals surface area contributed by atoms with Crippen LogP contribution in [0.25, 0.3) is 0 Å². The van der Waals surface area contributed by atoms with Crippen molar-refractivity contribution in [3.63, 3.8) is 0 Å². The molecular formula is C13H17BO. The molecule has 0 atom stereocenters. The first-order chi connectivity index (χ1) is 7.24. The molecule has 0 aromatic heterocycles. The third kappa shape index (κ3) is 4.33. The van der Waals surface area contributed by atoms with Crippen molar-refractivity contribution in [1.29, 1.82) is 0 Å². The smallest absolute Gasteiger partial charge is 0.159 e. The second kappa shape index (κ2) is 6.44. The van der Waals surface area contributed by atoms with Gasteiger partial charge in [-0.3, -0.25) is 4.79 Å². The first-order valence-electron chi connectivity index (χ1n) is 5.54. The summed E-state index contributed by atoms with van der Waals surface area (Å²) in [6.45, 7) is 1.59. The van der Waals surface area contributed by atoms with E-state index in [0.29, 0.717) is 0 Å². The summed E-state index contributed by atoms with van der Waals surface area (Å²) in [5.74, 6) is 0.129. The van der Waals surface area contributed by atoms with E-state index >= 15 is 0 Å². The summed E-state index contributed by atoms with van der Waals surface area (Å²) in [5.41, 5.74) is 2.10. The molecule has 1 nitrogen and oxygen atoms in total. The Morgan fingerprint density at radius 2 is 1.80 bits per heavy atom. The quantitative estimate of drug-likeness (QED) is 0.391. The topological polar surface area (TPSA) is 17.1 Å². The molecule has 2 heteroatoms. The molecule has 1 rings (SSSR count). The third-order valence-corrected chi connectivity index (χ3v) is 2.53. The Morgan fingerprint density at radius 1 is 1.13 bits per heavy atom. The van der Waals surface area contributed by atoms with Crippen LogP contribution >= 0.6 is 0 Å². The summed E-state index contributed by atoms with van der Waals surface area (Å²) < 4.78 is 0. The van der Waals surface area contributed by atoms with Crippen LogP contribution in [0.4, 0.5) is 0 Å². The fraction of sp³-hybridized carbons (Fsp3) is 0.462. The van der Waals surface area contributed by atoms with Crippen molar-refractivity contribution < 1.29 is 4.79 Å². The second-order valence-electron chi connectivity index (χ2n) is 3.85. The minimum atomic E-state index is 0.129. The van der Waals surface area contributed by atoms with Crippen molar-refractivity contribution in [2.24, 2.45) is 0 Å². The van der Waals surface area contributed by atoms with Crippen molar-refractivity contribution in [1.82, 2.24) is 0 Å². The van der Waals surface area contributed by atoms with Gasteiger partial charge in [-0.15, -0.1) is 0 Å². The van der Waals surface area contributed by atoms with Crippen LogP contribution in [-0.2, 0) is 6.42 Å². The summed E-state index contributed by atoms with van der Waals surface area (Å²) in [4.78, 5) is 11.0. The van der Waals surface area contributed by atoms with Gasteiger partial charge >= 0.3 is 0 Å². The summed E-state index contributed by atoms with van der Waals surface area (Å²) in [5, 5.41) is 0. The minimum absolute atomic E-state index is 0.129. The zero-order chi connectivity index (χ0) is 11.1. The molecule has 0 aliphatic carbocycles. The lowest BCUT2D eigenvalue weighted by atomic mass is 9.97. The number of carbonyl (C=O) groups excluding carboxylic acids is 1. The summed E-state index contributed by atoms with van der Waals surface area (Å²) in [6.07, 6.45) is 5.33. The SMILES string of the molecule is [B]CCCCCc1ccc(C(C)=O)cc1. The predicted octanol–water partition coefficient (Wildman–Crippen LogP) is 3.19. The van der Waals surface area contributed by atoms with Crippen LogP contribution in [0.5, 0.6) is 0 Å². The molecule has 0 bridgehead atoms. The number of aryl methyl sites for hydroxylation is 1. The minimum Gasteiger partial charge on any atom is -0.295 e. The van der Waals surface area contributed by atoms with E-state index in [4.69, 9.17) is 7.85 Å². The molecule has 1 aromatic carbocycles. The number of carbonyl (C=O) groups is 1. The third-order valence-electron chi connectivity index (χ3n) is 2.53. The lowest BCUT2D eigenvalue weighted by Crippen LogP contribution is -1.92. The summed E-state index contributed by atoms with van der Waals surface area (Å²) in [7, 11) is 5.42. The predicted molar refractivity (Wildman–Crippen MR) is 64.6 cm³/mol. The van der Waals surface area contributed by atoms with Gasteiger partial charge < -0.3 is 0 Å². The molecule has 0 fully saturated rings. The normalized spacial score (nSPS) is 10.2. The van der Waals surface area contributed by atoms with E-state index in [1.807, 2.05) is 24.3 Å². The van der Waals surface area contributed by atoms with Gasteiger partial charge in [0.25, 0.3) is 0 Å². The van der Waals surface area contributed by atoms with Gasteiger partial charge in [0.1, 0.15) is 0 Å². The molecule has 0 aliphatic heterocycles. The van der Waals surface area contributed by atoms with Gasteiger partial charge in [-0.2, -0.15) is 0 Å². The molecule has 0 spiro atoms. The highest BCUT2D eigenvalue weighted by atomic mass is 16.1. The van der Waals surface area contributed by atoms with E-state index in [-0.39, 0.29) is 5.78 Å². The lowest BCUT2D eigenvalue weighted by molar-refractivity contribution is 0.101. The number of hydrogen-bond donors (Lipinski definition) is 0. The zero-order valence-corrected chi connectivity index (χ0v) is 9.33. The van der Waals surface area contributed by atoms with Gasteiger partial charge in [-0.1, -0.05) is 43.4 Å². The maximum absolute atomic E-state index is 11.0. The number of unbranched alkanes of at least 4 members (excludes halogenated alkanes) is 2. The molecule has 0 heterocycles. The monoisotopic (exact) mass is 200 g/mol. The Bertz CT molecular complexity index is 303. The zero-order valence-electron chi connectivity index (χ0n) is 9.33. The maximum atomic E-state index is 11.0. The number of hydrogen-bond acceptors (Lipinski definition) is 1. The van der Waals surface area contributed by atoms with Crippen LogP contribution in [0.2, 0.25) is 6.32 Å². The average molecular weight is 200 g/mol. The van der Waals surface area contributed by atoms with Gasteiger partial charge in [0.2, 0.25) is 0 Å². The Morgan fingerprint density at radius 3 is 2.33 bits per heavy atom. The maximum Gasteiger partial charge on any atom is 0.159 e. The van der Waals surface area contributed by atoms with Crippen LogP contribution in [-0.4, -0.2) is 13.6 Å². The van der Waals surface area contributed by atoms with Gasteiger partial charge in [0, 0.05) is 5.56 Å². The highest BCUT2D eigenvalue weighted by Crippen LogP contribution is 2.09. The molecular weight excluding hydrogens is 183 g/mol. The highest BCUT2D eigenvalue weighted by molar-refractivity contribution is 6.08. The van der Waals surface area contributed by atoms with Crippen molar-refractivity contribution in [3.05, 3.63) is 35.4 Å². The molecule has 15 heavy (non-hydrogen) atoms. The number of rotatable bonds is 6.